The number of aromatic nitrogens is 1. The molecule has 2 saturated heterocycles. The highest BCUT2D eigenvalue weighted by Gasteiger charge is 2.38. The van der Waals surface area contributed by atoms with E-state index in [1.165, 1.54) is 4.31 Å². The summed E-state index contributed by atoms with van der Waals surface area (Å²) in [7, 11) is -1.84. The van der Waals surface area contributed by atoms with Crippen molar-refractivity contribution in [1.29, 1.82) is 0 Å². The van der Waals surface area contributed by atoms with Crippen LogP contribution in [0.2, 0.25) is 0 Å². The van der Waals surface area contributed by atoms with Gasteiger partial charge in [0, 0.05) is 56.6 Å². The molecule has 2 aliphatic heterocycles. The van der Waals surface area contributed by atoms with Crippen molar-refractivity contribution in [1.82, 2.24) is 19.1 Å². The molecule has 0 bridgehead atoms. The van der Waals surface area contributed by atoms with Crippen molar-refractivity contribution in [3.63, 3.8) is 0 Å². The van der Waals surface area contributed by atoms with Gasteiger partial charge in [-0.15, -0.1) is 0 Å². The monoisotopic (exact) mass is 440 g/mol. The first-order valence-corrected chi connectivity index (χ1v) is 11.9. The largest absolute Gasteiger partial charge is 0.462 e. The van der Waals surface area contributed by atoms with Crippen LogP contribution in [0.25, 0.3) is 0 Å². The summed E-state index contributed by atoms with van der Waals surface area (Å²) in [5, 5.41) is 0. The molecule has 9 nitrogen and oxygen atoms in total. The number of likely N-dealkylation sites (N-methyl/N-ethyl adjacent to an activating group) is 1. The molecular formula is C20H32N4O5S. The molecule has 1 amide bonds. The number of hydrogen-bond donors (Lipinski definition) is 1. The molecule has 3 heterocycles. The molecule has 0 spiro atoms. The minimum absolute atomic E-state index is 0.0118. The third-order valence-electron chi connectivity index (χ3n) is 6.01. The number of rotatable bonds is 5. The molecule has 3 rings (SSSR count). The van der Waals surface area contributed by atoms with Gasteiger partial charge in [0.1, 0.15) is 10.5 Å². The first-order valence-electron chi connectivity index (χ1n) is 10.5. The molecule has 0 aliphatic carbocycles. The van der Waals surface area contributed by atoms with Crippen LogP contribution in [-0.4, -0.2) is 92.3 Å². The van der Waals surface area contributed by atoms with Crippen LogP contribution < -0.4 is 0 Å². The highest BCUT2D eigenvalue weighted by atomic mass is 32.2. The third-order valence-corrected chi connectivity index (χ3v) is 8.08. The second kappa shape index (κ2) is 9.07. The van der Waals surface area contributed by atoms with Gasteiger partial charge in [0.2, 0.25) is 15.9 Å². The highest BCUT2D eigenvalue weighted by Crippen LogP contribution is 2.31. The molecule has 1 N–H and O–H groups in total. The fourth-order valence-corrected chi connectivity index (χ4v) is 6.17. The predicted octanol–water partition coefficient (Wildman–Crippen LogP) is 0.983. The first-order chi connectivity index (χ1) is 14.2. The second-order valence-corrected chi connectivity index (χ2v) is 9.98. The number of carbonyl (C=O) groups is 2. The number of amides is 1. The minimum atomic E-state index is -3.88. The zero-order valence-electron chi connectivity index (χ0n) is 18.2. The number of piperidine rings is 1. The lowest BCUT2D eigenvalue weighted by Gasteiger charge is -2.37. The molecule has 30 heavy (non-hydrogen) atoms. The van der Waals surface area contributed by atoms with Crippen molar-refractivity contribution in [3.8, 4) is 0 Å². The predicted molar refractivity (Wildman–Crippen MR) is 112 cm³/mol. The van der Waals surface area contributed by atoms with Gasteiger partial charge in [-0.1, -0.05) is 0 Å². The van der Waals surface area contributed by atoms with Crippen LogP contribution >= 0.6 is 0 Å². The zero-order chi connectivity index (χ0) is 22.1. The van der Waals surface area contributed by atoms with E-state index in [1.54, 1.807) is 20.8 Å². The Morgan fingerprint density at radius 1 is 1.03 bits per heavy atom. The van der Waals surface area contributed by atoms with Crippen LogP contribution in [0.3, 0.4) is 0 Å². The van der Waals surface area contributed by atoms with Gasteiger partial charge in [0.05, 0.1) is 6.61 Å². The van der Waals surface area contributed by atoms with Crippen molar-refractivity contribution in [2.24, 2.45) is 5.92 Å². The smallest absolute Gasteiger partial charge is 0.341 e. The number of nitrogens with zero attached hydrogens (tertiary/aromatic N) is 3. The molecule has 0 aromatic carbocycles. The first kappa shape index (κ1) is 22.8. The van der Waals surface area contributed by atoms with Gasteiger partial charge in [-0.3, -0.25) is 4.79 Å². The van der Waals surface area contributed by atoms with Gasteiger partial charge in [-0.2, -0.15) is 4.31 Å². The molecule has 168 valence electrons. The maximum absolute atomic E-state index is 13.4. The van der Waals surface area contributed by atoms with E-state index in [-0.39, 0.29) is 42.0 Å². The van der Waals surface area contributed by atoms with Crippen LogP contribution in [0, 0.1) is 19.8 Å². The lowest BCUT2D eigenvalue weighted by Crippen LogP contribution is -2.51. The van der Waals surface area contributed by atoms with Gasteiger partial charge in [-0.25, -0.2) is 13.2 Å². The summed E-state index contributed by atoms with van der Waals surface area (Å²) in [5.41, 5.74) is 0.973. The average molecular weight is 441 g/mol. The van der Waals surface area contributed by atoms with E-state index < -0.39 is 16.0 Å². The van der Waals surface area contributed by atoms with E-state index in [0.717, 1.165) is 26.2 Å². The summed E-state index contributed by atoms with van der Waals surface area (Å²) in [5.74, 6) is -0.669. The van der Waals surface area contributed by atoms with E-state index in [9.17, 15) is 18.0 Å². The number of sulfonamides is 1. The number of esters is 1. The number of H-pyrrole nitrogens is 1. The fraction of sp³-hybridized carbons (Fsp3) is 0.700. The van der Waals surface area contributed by atoms with Crippen LogP contribution in [0.1, 0.15) is 41.5 Å². The van der Waals surface area contributed by atoms with E-state index in [0.29, 0.717) is 24.2 Å². The van der Waals surface area contributed by atoms with E-state index in [2.05, 4.69) is 9.88 Å². The highest BCUT2D eigenvalue weighted by molar-refractivity contribution is 7.89. The minimum Gasteiger partial charge on any atom is -0.462 e. The van der Waals surface area contributed by atoms with E-state index in [4.69, 9.17) is 4.74 Å². The number of piperazine rings is 1. The normalized spacial score (nSPS) is 19.8. The topological polar surface area (TPSA) is 103 Å². The van der Waals surface area contributed by atoms with Crippen LogP contribution in [-0.2, 0) is 19.6 Å². The summed E-state index contributed by atoms with van der Waals surface area (Å²) in [6.45, 7) is 8.85. The van der Waals surface area contributed by atoms with Gasteiger partial charge in [0.25, 0.3) is 0 Å². The molecule has 1 aromatic heterocycles. The van der Waals surface area contributed by atoms with Crippen molar-refractivity contribution in [2.75, 3.05) is 52.9 Å². The van der Waals surface area contributed by atoms with Crippen molar-refractivity contribution < 1.29 is 22.7 Å². The van der Waals surface area contributed by atoms with Gasteiger partial charge in [-0.05, 0) is 40.7 Å². The number of aryl methyl sites for hydroxylation is 2. The second-order valence-electron chi connectivity index (χ2n) is 8.11. The number of hydrogen-bond acceptors (Lipinski definition) is 6. The molecule has 2 aliphatic rings. The van der Waals surface area contributed by atoms with E-state index in [1.807, 2.05) is 11.9 Å². The Bertz CT molecular complexity index is 895. The Labute approximate surface area is 178 Å². The number of carbonyl (C=O) groups excluding carboxylic acids is 2. The molecule has 0 radical (unpaired) electrons. The quantitative estimate of drug-likeness (QED) is 0.685. The molecule has 0 saturated carbocycles. The van der Waals surface area contributed by atoms with Crippen LogP contribution in [0.5, 0.6) is 0 Å². The Morgan fingerprint density at radius 3 is 2.20 bits per heavy atom. The maximum Gasteiger partial charge on any atom is 0.341 e. The molecular weight excluding hydrogens is 408 g/mol. The Hall–Kier alpha value is -1.91. The SMILES string of the molecule is CCOC(=O)c1c(C)[nH]c(C)c1S(=O)(=O)N1CCC(C(=O)N2CCN(C)CC2)CC1. The summed E-state index contributed by atoms with van der Waals surface area (Å²) in [6.07, 6.45) is 0.975. The summed E-state index contributed by atoms with van der Waals surface area (Å²) < 4.78 is 33.2. The Morgan fingerprint density at radius 2 is 1.63 bits per heavy atom. The maximum atomic E-state index is 13.4. The van der Waals surface area contributed by atoms with Crippen molar-refractivity contribution in [3.05, 3.63) is 17.0 Å². The summed E-state index contributed by atoms with van der Waals surface area (Å²) in [6, 6.07) is 0. The zero-order valence-corrected chi connectivity index (χ0v) is 19.0. The number of nitrogens with one attached hydrogen (secondary N) is 1. The van der Waals surface area contributed by atoms with Gasteiger partial charge < -0.3 is 19.5 Å². The Balaban J connectivity index is 1.73. The van der Waals surface area contributed by atoms with Crippen LogP contribution in [0.4, 0.5) is 0 Å². The van der Waals surface area contributed by atoms with E-state index >= 15 is 0 Å². The molecule has 10 heteroatoms. The standard InChI is InChI=1S/C20H32N4O5S/c1-5-29-20(26)17-14(2)21-15(3)18(17)30(27,28)24-8-6-16(7-9-24)19(25)23-12-10-22(4)11-13-23/h16,21H,5-13H2,1-4H3. The van der Waals surface area contributed by atoms with Gasteiger partial charge >= 0.3 is 5.97 Å². The molecule has 0 unspecified atom stereocenters. The Kier molecular flexibility index (Phi) is 6.88. The average Bonchev–Trinajstić information content (AvgIpc) is 3.03. The molecule has 2 fully saturated rings. The number of aromatic amines is 1. The lowest BCUT2D eigenvalue weighted by atomic mass is 9.96. The summed E-state index contributed by atoms with van der Waals surface area (Å²) in [4.78, 5) is 32.3. The fourth-order valence-electron chi connectivity index (χ4n) is 4.29. The summed E-state index contributed by atoms with van der Waals surface area (Å²) >= 11 is 0. The molecule has 1 aromatic rings. The van der Waals surface area contributed by atoms with Gasteiger partial charge in [0.15, 0.2) is 0 Å². The third kappa shape index (κ3) is 4.40. The van der Waals surface area contributed by atoms with Crippen molar-refractivity contribution in [2.45, 2.75) is 38.5 Å². The number of ether oxygens (including phenoxy) is 1. The van der Waals surface area contributed by atoms with Crippen molar-refractivity contribution >= 4 is 21.9 Å². The molecule has 0 atom stereocenters. The van der Waals surface area contributed by atoms with Crippen LogP contribution in [0.15, 0.2) is 4.90 Å². The lowest BCUT2D eigenvalue weighted by molar-refractivity contribution is -0.138.